The molecule has 1 saturated heterocycles. The Morgan fingerprint density at radius 2 is 2.60 bits per heavy atom. The quantitative estimate of drug-likeness (QED) is 0.852. The van der Waals surface area contributed by atoms with Crippen LogP contribution in [-0.2, 0) is 10.7 Å². The molecule has 1 N–H and O–H groups in total. The highest BCUT2D eigenvalue weighted by molar-refractivity contribution is 8.00. The van der Waals surface area contributed by atoms with Crippen LogP contribution in [0.2, 0.25) is 0 Å². The summed E-state index contributed by atoms with van der Waals surface area (Å²) in [7, 11) is 0. The molecule has 1 aliphatic rings. The van der Waals surface area contributed by atoms with Crippen LogP contribution < -0.4 is 5.32 Å². The van der Waals surface area contributed by atoms with E-state index in [1.807, 2.05) is 5.38 Å². The Morgan fingerprint density at radius 1 is 1.73 bits per heavy atom. The molecule has 0 radical (unpaired) electrons. The second-order valence-corrected chi connectivity index (χ2v) is 5.70. The fourth-order valence-corrected chi connectivity index (χ4v) is 3.50. The van der Waals surface area contributed by atoms with Gasteiger partial charge in [0.25, 0.3) is 0 Å². The summed E-state index contributed by atoms with van der Waals surface area (Å²) in [6, 6.07) is 0. The Hall–Kier alpha value is -0.260. The highest BCUT2D eigenvalue weighted by atomic mass is 35.5. The molecule has 0 saturated carbocycles. The van der Waals surface area contributed by atoms with E-state index in [4.69, 9.17) is 11.6 Å². The molecule has 3 nitrogen and oxygen atoms in total. The number of thiazole rings is 1. The lowest BCUT2D eigenvalue weighted by molar-refractivity contribution is -0.115. The minimum absolute atomic E-state index is 0.0768. The van der Waals surface area contributed by atoms with Crippen LogP contribution in [0.15, 0.2) is 5.38 Å². The first kappa shape index (κ1) is 11.2. The Balaban J connectivity index is 1.92. The SMILES string of the molecule is O=C(Nc1nc(CCl)cs1)C1CCCS1. The van der Waals surface area contributed by atoms with Gasteiger partial charge in [-0.3, -0.25) is 4.79 Å². The van der Waals surface area contributed by atoms with Crippen molar-refractivity contribution in [1.29, 1.82) is 0 Å². The summed E-state index contributed by atoms with van der Waals surface area (Å²) in [6.45, 7) is 0. The fourth-order valence-electron chi connectivity index (χ4n) is 1.40. The van der Waals surface area contributed by atoms with Crippen LogP contribution in [0.25, 0.3) is 0 Å². The summed E-state index contributed by atoms with van der Waals surface area (Å²) < 4.78 is 0. The smallest absolute Gasteiger partial charge is 0.239 e. The molecule has 0 aromatic carbocycles. The van der Waals surface area contributed by atoms with Gasteiger partial charge in [-0.25, -0.2) is 4.98 Å². The zero-order chi connectivity index (χ0) is 10.7. The van der Waals surface area contributed by atoms with Gasteiger partial charge in [0.1, 0.15) is 0 Å². The van der Waals surface area contributed by atoms with E-state index in [0.29, 0.717) is 11.0 Å². The van der Waals surface area contributed by atoms with E-state index in [2.05, 4.69) is 10.3 Å². The van der Waals surface area contributed by atoms with Crippen molar-refractivity contribution in [2.24, 2.45) is 0 Å². The molecular weight excluding hydrogens is 252 g/mol. The number of nitrogens with zero attached hydrogens (tertiary/aromatic N) is 1. The molecule has 15 heavy (non-hydrogen) atoms. The van der Waals surface area contributed by atoms with E-state index in [1.54, 1.807) is 11.8 Å². The van der Waals surface area contributed by atoms with E-state index in [-0.39, 0.29) is 11.2 Å². The second kappa shape index (κ2) is 5.18. The normalized spacial score (nSPS) is 20.5. The van der Waals surface area contributed by atoms with Crippen molar-refractivity contribution < 1.29 is 4.79 Å². The molecule has 1 aliphatic heterocycles. The van der Waals surface area contributed by atoms with Crippen molar-refractivity contribution in [3.05, 3.63) is 11.1 Å². The minimum Gasteiger partial charge on any atom is -0.301 e. The minimum atomic E-state index is 0.0768. The molecule has 2 rings (SSSR count). The van der Waals surface area contributed by atoms with Crippen LogP contribution in [0.5, 0.6) is 0 Å². The average Bonchev–Trinajstić information content (AvgIpc) is 2.87. The number of carbonyl (C=O) groups excluding carboxylic acids is 1. The van der Waals surface area contributed by atoms with Crippen LogP contribution >= 0.6 is 34.7 Å². The summed E-state index contributed by atoms with van der Waals surface area (Å²) in [6.07, 6.45) is 2.11. The predicted molar refractivity (Wildman–Crippen MR) is 65.8 cm³/mol. The maximum atomic E-state index is 11.7. The van der Waals surface area contributed by atoms with Crippen LogP contribution in [0, 0.1) is 0 Å². The maximum Gasteiger partial charge on any atom is 0.239 e. The van der Waals surface area contributed by atoms with Gasteiger partial charge in [-0.15, -0.1) is 34.7 Å². The zero-order valence-electron chi connectivity index (χ0n) is 8.03. The molecule has 2 heterocycles. The Kier molecular flexibility index (Phi) is 3.88. The monoisotopic (exact) mass is 262 g/mol. The number of carbonyl (C=O) groups is 1. The van der Waals surface area contributed by atoms with Crippen LogP contribution in [-0.4, -0.2) is 21.9 Å². The van der Waals surface area contributed by atoms with Gasteiger partial charge in [-0.05, 0) is 18.6 Å². The molecule has 1 amide bonds. The lowest BCUT2D eigenvalue weighted by Gasteiger charge is -2.06. The number of thioether (sulfide) groups is 1. The summed E-state index contributed by atoms with van der Waals surface area (Å²) in [5, 5.41) is 5.45. The first-order valence-electron chi connectivity index (χ1n) is 4.72. The number of aromatic nitrogens is 1. The largest absolute Gasteiger partial charge is 0.301 e. The fraction of sp³-hybridized carbons (Fsp3) is 0.556. The number of halogens is 1. The first-order valence-corrected chi connectivity index (χ1v) is 7.18. The van der Waals surface area contributed by atoms with Crippen molar-refractivity contribution in [2.45, 2.75) is 24.0 Å². The molecule has 1 fully saturated rings. The lowest BCUT2D eigenvalue weighted by Crippen LogP contribution is -2.22. The maximum absolute atomic E-state index is 11.7. The van der Waals surface area contributed by atoms with Crippen LogP contribution in [0.1, 0.15) is 18.5 Å². The Labute approximate surface area is 102 Å². The number of rotatable bonds is 3. The van der Waals surface area contributed by atoms with Gasteiger partial charge in [0.05, 0.1) is 16.8 Å². The van der Waals surface area contributed by atoms with Gasteiger partial charge < -0.3 is 5.32 Å². The third-order valence-corrected chi connectivity index (χ3v) is 4.60. The molecule has 0 bridgehead atoms. The van der Waals surface area contributed by atoms with E-state index in [1.165, 1.54) is 11.3 Å². The van der Waals surface area contributed by atoms with Crippen molar-refractivity contribution in [3.8, 4) is 0 Å². The highest BCUT2D eigenvalue weighted by Crippen LogP contribution is 2.27. The number of anilines is 1. The molecular formula is C9H11ClN2OS2. The Morgan fingerprint density at radius 3 is 3.20 bits per heavy atom. The molecule has 1 atom stereocenters. The molecule has 6 heteroatoms. The van der Waals surface area contributed by atoms with Crippen LogP contribution in [0.3, 0.4) is 0 Å². The van der Waals surface area contributed by atoms with Crippen LogP contribution in [0.4, 0.5) is 5.13 Å². The third-order valence-electron chi connectivity index (χ3n) is 2.14. The molecule has 1 aromatic rings. The van der Waals surface area contributed by atoms with Gasteiger partial charge >= 0.3 is 0 Å². The van der Waals surface area contributed by atoms with Gasteiger partial charge in [0.15, 0.2) is 5.13 Å². The average molecular weight is 263 g/mol. The van der Waals surface area contributed by atoms with Crippen molar-refractivity contribution in [1.82, 2.24) is 4.98 Å². The third kappa shape index (κ3) is 2.86. The van der Waals surface area contributed by atoms with Crippen molar-refractivity contribution in [2.75, 3.05) is 11.1 Å². The number of nitrogens with one attached hydrogen (secondary N) is 1. The van der Waals surface area contributed by atoms with E-state index in [0.717, 1.165) is 24.3 Å². The summed E-state index contributed by atoms with van der Waals surface area (Å²) in [4.78, 5) is 15.9. The standard InChI is InChI=1S/C9H11ClN2OS2/c10-4-6-5-15-9(11-6)12-8(13)7-2-1-3-14-7/h5,7H,1-4H2,(H,11,12,13). The van der Waals surface area contributed by atoms with E-state index in [9.17, 15) is 4.79 Å². The second-order valence-electron chi connectivity index (χ2n) is 3.27. The molecule has 1 unspecified atom stereocenters. The van der Waals surface area contributed by atoms with E-state index < -0.39 is 0 Å². The molecule has 0 spiro atoms. The van der Waals surface area contributed by atoms with Crippen molar-refractivity contribution in [3.63, 3.8) is 0 Å². The number of hydrogen-bond donors (Lipinski definition) is 1. The molecule has 1 aromatic heterocycles. The van der Waals surface area contributed by atoms with Crippen molar-refractivity contribution >= 4 is 45.7 Å². The number of amides is 1. The lowest BCUT2D eigenvalue weighted by atomic mass is 10.2. The highest BCUT2D eigenvalue weighted by Gasteiger charge is 2.23. The van der Waals surface area contributed by atoms with Gasteiger partial charge in [-0.1, -0.05) is 0 Å². The van der Waals surface area contributed by atoms with E-state index >= 15 is 0 Å². The molecule has 82 valence electrons. The predicted octanol–water partition coefficient (Wildman–Crippen LogP) is 2.72. The Bertz CT molecular complexity index is 350. The zero-order valence-corrected chi connectivity index (χ0v) is 10.4. The summed E-state index contributed by atoms with van der Waals surface area (Å²) >= 11 is 8.78. The molecule has 0 aliphatic carbocycles. The summed E-state index contributed by atoms with van der Waals surface area (Å²) in [5.41, 5.74) is 0.816. The van der Waals surface area contributed by atoms with Gasteiger partial charge in [-0.2, -0.15) is 0 Å². The number of alkyl halides is 1. The first-order chi connectivity index (χ1) is 7.29. The van der Waals surface area contributed by atoms with Gasteiger partial charge in [0.2, 0.25) is 5.91 Å². The topological polar surface area (TPSA) is 42.0 Å². The summed E-state index contributed by atoms with van der Waals surface area (Å²) in [5.74, 6) is 1.56. The number of hydrogen-bond acceptors (Lipinski definition) is 4. The van der Waals surface area contributed by atoms with Gasteiger partial charge in [0, 0.05) is 5.38 Å².